The number of para-hydroxylation sites is 1. The Morgan fingerprint density at radius 1 is 0.958 bits per heavy atom. The van der Waals surface area contributed by atoms with Crippen molar-refractivity contribution in [2.24, 2.45) is 0 Å². The molecular formula is C27H32F3N5O11S2. The fourth-order valence-electron chi connectivity index (χ4n) is 4.81. The number of carboxylic acid groups (broad SMARTS) is 2. The summed E-state index contributed by atoms with van der Waals surface area (Å²) < 4.78 is 91.8. The van der Waals surface area contributed by atoms with Crippen molar-refractivity contribution in [1.82, 2.24) is 24.0 Å². The van der Waals surface area contributed by atoms with Crippen LogP contribution < -0.4 is 14.9 Å². The minimum Gasteiger partial charge on any atom is -0.489 e. The number of ether oxygens (including phenoxy) is 1. The molecule has 1 aliphatic rings. The lowest BCUT2D eigenvalue weighted by Crippen LogP contribution is -2.58. The van der Waals surface area contributed by atoms with E-state index in [1.165, 1.54) is 38.6 Å². The van der Waals surface area contributed by atoms with Gasteiger partial charge in [0.05, 0.1) is 16.7 Å². The monoisotopic (exact) mass is 723 g/mol. The highest BCUT2D eigenvalue weighted by atomic mass is 32.2. The van der Waals surface area contributed by atoms with Crippen LogP contribution in [-0.2, 0) is 36.2 Å². The summed E-state index contributed by atoms with van der Waals surface area (Å²) in [4.78, 5) is 34.4. The van der Waals surface area contributed by atoms with Crippen molar-refractivity contribution in [2.75, 3.05) is 39.0 Å². The van der Waals surface area contributed by atoms with Crippen LogP contribution in [0.4, 0.5) is 18.0 Å². The second-order valence-corrected chi connectivity index (χ2v) is 14.1. The van der Waals surface area contributed by atoms with Crippen LogP contribution in [-0.4, -0.2) is 115 Å². The van der Waals surface area contributed by atoms with Gasteiger partial charge in [-0.1, -0.05) is 18.2 Å². The molecule has 0 bridgehead atoms. The van der Waals surface area contributed by atoms with Crippen molar-refractivity contribution >= 4 is 48.9 Å². The number of rotatable bonds is 10. The third-order valence-electron chi connectivity index (χ3n) is 7.26. The molecule has 2 aromatic carbocycles. The lowest BCUT2D eigenvalue weighted by Gasteiger charge is -2.37. The fourth-order valence-corrected chi connectivity index (χ4v) is 6.68. The summed E-state index contributed by atoms with van der Waals surface area (Å²) in [5.41, 5.74) is 3.28. The number of halogens is 3. The maximum absolute atomic E-state index is 13.0. The third kappa shape index (κ3) is 9.41. The van der Waals surface area contributed by atoms with Crippen LogP contribution in [0.2, 0.25) is 0 Å². The number of hydrogen-bond acceptors (Lipinski definition) is 10. The standard InChI is InChI=1S/C25H31N5O9S2.C2HF3O2/c1-17-21(20-5-3-4-6-22(20)30(17)25(32)33)16-39-18-7-9-19(10-8-18)41(37,38)26-15-23(24(31)27-34)28-11-13-29(14-12-28)40(2,35)36;3-2(4,5)1(6)7/h3-10,23,26,34H,11-16H2,1-2H3,(H,27,31)(H,32,33);(H,6,7)/t23-;/m0./s1. The maximum Gasteiger partial charge on any atom is 0.490 e. The van der Waals surface area contributed by atoms with Gasteiger partial charge in [0, 0.05) is 49.4 Å². The Bertz CT molecular complexity index is 1860. The van der Waals surface area contributed by atoms with Crippen molar-refractivity contribution in [3.05, 3.63) is 59.8 Å². The highest BCUT2D eigenvalue weighted by Crippen LogP contribution is 2.27. The van der Waals surface area contributed by atoms with Gasteiger partial charge in [0.2, 0.25) is 20.0 Å². The van der Waals surface area contributed by atoms with Crippen LogP contribution in [0, 0.1) is 6.92 Å². The number of hydroxylamine groups is 1. The Morgan fingerprint density at radius 2 is 1.52 bits per heavy atom. The van der Waals surface area contributed by atoms with Crippen LogP contribution in [0.25, 0.3) is 10.9 Å². The highest BCUT2D eigenvalue weighted by Gasteiger charge is 2.38. The van der Waals surface area contributed by atoms with Gasteiger partial charge in [-0.05, 0) is 37.3 Å². The zero-order valence-corrected chi connectivity index (χ0v) is 27.0. The van der Waals surface area contributed by atoms with E-state index in [2.05, 4.69) is 4.72 Å². The van der Waals surface area contributed by atoms with Gasteiger partial charge in [-0.2, -0.15) is 17.5 Å². The van der Waals surface area contributed by atoms with E-state index in [-0.39, 0.29) is 44.2 Å². The van der Waals surface area contributed by atoms with E-state index in [0.29, 0.717) is 22.5 Å². The highest BCUT2D eigenvalue weighted by molar-refractivity contribution is 7.89. The molecule has 16 nitrogen and oxygen atoms in total. The third-order valence-corrected chi connectivity index (χ3v) is 10.00. The molecule has 0 aliphatic carbocycles. The number of amides is 1. The van der Waals surface area contributed by atoms with Gasteiger partial charge in [0.1, 0.15) is 18.4 Å². The number of fused-ring (bicyclic) bond motifs is 1. The van der Waals surface area contributed by atoms with E-state index < -0.39 is 50.2 Å². The van der Waals surface area contributed by atoms with Crippen LogP contribution in [0.15, 0.2) is 53.4 Å². The summed E-state index contributed by atoms with van der Waals surface area (Å²) in [6.45, 7) is 1.97. The van der Waals surface area contributed by atoms with Crippen molar-refractivity contribution in [1.29, 1.82) is 0 Å². The molecule has 1 aromatic heterocycles. The average molecular weight is 724 g/mol. The SMILES string of the molecule is Cc1c(COc2ccc(S(=O)(=O)NC[C@@H](C(=O)NO)N3CCN(S(C)(=O)=O)CC3)cc2)c2ccccc2n1C(=O)O.O=C(O)C(F)(F)F. The van der Waals surface area contributed by atoms with Gasteiger partial charge in [-0.15, -0.1) is 0 Å². The van der Waals surface area contributed by atoms with E-state index in [1.54, 1.807) is 36.1 Å². The molecule has 0 radical (unpaired) electrons. The van der Waals surface area contributed by atoms with Gasteiger partial charge in [-0.25, -0.2) is 41.2 Å². The zero-order valence-electron chi connectivity index (χ0n) is 25.3. The van der Waals surface area contributed by atoms with Crippen molar-refractivity contribution < 1.29 is 64.5 Å². The summed E-state index contributed by atoms with van der Waals surface area (Å²) in [6, 6.07) is 11.6. The van der Waals surface area contributed by atoms with Gasteiger partial charge in [-0.3, -0.25) is 14.9 Å². The molecule has 0 unspecified atom stereocenters. The summed E-state index contributed by atoms with van der Waals surface area (Å²) in [6.07, 6.45) is -5.11. The Labute approximate surface area is 272 Å². The average Bonchev–Trinajstić information content (AvgIpc) is 3.30. The molecular weight excluding hydrogens is 691 g/mol. The number of alkyl halides is 3. The molecule has 21 heteroatoms. The fraction of sp³-hybridized carbons (Fsp3) is 0.370. The van der Waals surface area contributed by atoms with E-state index in [9.17, 15) is 49.9 Å². The van der Waals surface area contributed by atoms with Crippen molar-refractivity contribution in [3.63, 3.8) is 0 Å². The minimum absolute atomic E-state index is 0.0571. The van der Waals surface area contributed by atoms with E-state index in [0.717, 1.165) is 11.6 Å². The number of benzene rings is 2. The van der Waals surface area contributed by atoms with Crippen LogP contribution >= 0.6 is 0 Å². The van der Waals surface area contributed by atoms with Crippen LogP contribution in [0.3, 0.4) is 0 Å². The predicted molar refractivity (Wildman–Crippen MR) is 161 cm³/mol. The number of carbonyl (C=O) groups excluding carboxylic acids is 1. The van der Waals surface area contributed by atoms with Crippen molar-refractivity contribution in [3.8, 4) is 5.75 Å². The molecule has 0 spiro atoms. The van der Waals surface area contributed by atoms with Crippen LogP contribution in [0.5, 0.6) is 5.75 Å². The van der Waals surface area contributed by atoms with Crippen LogP contribution in [0.1, 0.15) is 11.3 Å². The molecule has 0 saturated carbocycles. The number of aromatic nitrogens is 1. The normalized spacial score (nSPS) is 15.3. The molecule has 1 fully saturated rings. The largest absolute Gasteiger partial charge is 0.490 e. The molecule has 5 N–H and O–H groups in total. The Balaban J connectivity index is 0.000000804. The zero-order chi connectivity index (χ0) is 36.0. The molecule has 1 saturated heterocycles. The second kappa shape index (κ2) is 15.3. The number of carbonyl (C=O) groups is 3. The van der Waals surface area contributed by atoms with Gasteiger partial charge in [0.15, 0.2) is 0 Å². The second-order valence-electron chi connectivity index (χ2n) is 10.3. The molecule has 3 aromatic rings. The number of piperazine rings is 1. The summed E-state index contributed by atoms with van der Waals surface area (Å²) in [5.74, 6) is -3.23. The molecule has 264 valence electrons. The van der Waals surface area contributed by atoms with E-state index in [4.69, 9.17) is 14.6 Å². The van der Waals surface area contributed by atoms with E-state index >= 15 is 0 Å². The topological polar surface area (TPSA) is 225 Å². The molecule has 1 atom stereocenters. The molecule has 48 heavy (non-hydrogen) atoms. The number of aliphatic carboxylic acids is 1. The summed E-state index contributed by atoms with van der Waals surface area (Å²) in [7, 11) is -7.46. The predicted octanol–water partition coefficient (Wildman–Crippen LogP) is 1.42. The van der Waals surface area contributed by atoms with Gasteiger partial charge < -0.3 is 14.9 Å². The van der Waals surface area contributed by atoms with Gasteiger partial charge >= 0.3 is 18.2 Å². The van der Waals surface area contributed by atoms with Gasteiger partial charge in [0.25, 0.3) is 5.91 Å². The lowest BCUT2D eigenvalue weighted by atomic mass is 10.1. The molecule has 1 aliphatic heterocycles. The number of nitrogens with one attached hydrogen (secondary N) is 2. The first kappa shape index (κ1) is 38.2. The Hall–Kier alpha value is -4.28. The molecule has 4 rings (SSSR count). The molecule has 2 heterocycles. The first-order valence-electron chi connectivity index (χ1n) is 13.8. The number of carboxylic acids is 1. The van der Waals surface area contributed by atoms with E-state index in [1.807, 2.05) is 0 Å². The Morgan fingerprint density at radius 3 is 2.02 bits per heavy atom. The number of sulfonamides is 2. The van der Waals surface area contributed by atoms with Crippen molar-refractivity contribution in [2.45, 2.75) is 30.6 Å². The molecule has 1 amide bonds. The maximum atomic E-state index is 13.0. The summed E-state index contributed by atoms with van der Waals surface area (Å²) in [5, 5.41) is 26.6. The number of nitrogens with zero attached hydrogens (tertiary/aromatic N) is 3. The number of hydrogen-bond donors (Lipinski definition) is 5. The first-order chi connectivity index (χ1) is 22.3. The first-order valence-corrected chi connectivity index (χ1v) is 17.1. The smallest absolute Gasteiger partial charge is 0.489 e. The lowest BCUT2D eigenvalue weighted by molar-refractivity contribution is -0.192. The summed E-state index contributed by atoms with van der Waals surface area (Å²) >= 11 is 0. The minimum atomic E-state index is -5.08. The quantitative estimate of drug-likeness (QED) is 0.148. The Kier molecular flexibility index (Phi) is 12.2.